The molecule has 0 N–H and O–H groups in total. The first-order chi connectivity index (χ1) is 6.87. The number of nitrogens with zero attached hydrogens (tertiary/aromatic N) is 2. The molecule has 0 radical (unpaired) electrons. The molecule has 0 atom stereocenters. The van der Waals surface area contributed by atoms with Gasteiger partial charge < -0.3 is 4.74 Å². The summed E-state index contributed by atoms with van der Waals surface area (Å²) >= 11 is 10.8. The van der Waals surface area contributed by atoms with Crippen molar-refractivity contribution in [2.24, 2.45) is 0 Å². The zero-order valence-corrected chi connectivity index (χ0v) is 10.2. The van der Waals surface area contributed by atoms with Gasteiger partial charge in [-0.3, -0.25) is 4.79 Å². The summed E-state index contributed by atoms with van der Waals surface area (Å²) in [4.78, 5) is 16.9. The third kappa shape index (κ3) is 8.15. The fourth-order valence-electron chi connectivity index (χ4n) is 0.448. The lowest BCUT2D eigenvalue weighted by Crippen LogP contribution is -2.17. The lowest BCUT2D eigenvalue weighted by Gasteiger charge is -2.14. The fraction of sp³-hybridized carbons (Fsp3) is 0.444. The van der Waals surface area contributed by atoms with Crippen molar-refractivity contribution in [1.82, 2.24) is 9.97 Å². The van der Waals surface area contributed by atoms with Crippen LogP contribution in [0.4, 0.5) is 0 Å². The Morgan fingerprint density at radius 1 is 1.20 bits per heavy atom. The quantitative estimate of drug-likeness (QED) is 0.720. The Hall–Kier alpha value is -0.870. The number of hydrogen-bond acceptors (Lipinski definition) is 4. The van der Waals surface area contributed by atoms with Crippen molar-refractivity contribution in [2.45, 2.75) is 26.4 Å². The van der Waals surface area contributed by atoms with E-state index in [9.17, 15) is 4.79 Å². The molecule has 0 spiro atoms. The molecule has 0 saturated carbocycles. The second-order valence-corrected chi connectivity index (χ2v) is 4.18. The molecule has 0 bridgehead atoms. The molecular weight excluding hydrogens is 239 g/mol. The lowest BCUT2D eigenvalue weighted by molar-refractivity contribution is -0.138. The predicted octanol–water partition coefficient (Wildman–Crippen LogP) is 2.74. The minimum absolute atomic E-state index is 0.245. The first-order valence-corrected chi connectivity index (χ1v) is 4.86. The zero-order valence-electron chi connectivity index (χ0n) is 8.70. The molecule has 0 fully saturated rings. The minimum atomic E-state index is -0.318. The zero-order chi connectivity index (χ0) is 11.9. The Bertz CT molecular complexity index is 292. The number of carbonyl (C=O) groups is 1. The molecule has 1 aromatic heterocycles. The predicted molar refractivity (Wildman–Crippen MR) is 59.0 cm³/mol. The molecule has 6 heteroatoms. The number of aromatic nitrogens is 2. The van der Waals surface area contributed by atoms with Gasteiger partial charge in [-0.1, -0.05) is 23.2 Å². The molecule has 0 saturated heterocycles. The molecule has 0 aliphatic carbocycles. The van der Waals surface area contributed by atoms with Crippen molar-refractivity contribution in [3.8, 4) is 0 Å². The molecule has 84 valence electrons. The third-order valence-corrected chi connectivity index (χ3v) is 1.66. The smallest absolute Gasteiger partial charge is 0.293 e. The highest BCUT2D eigenvalue weighted by atomic mass is 35.5. The highest BCUT2D eigenvalue weighted by molar-refractivity contribution is 6.40. The molecule has 1 rings (SSSR count). The Balaban J connectivity index is 0.000000265. The number of halogens is 2. The standard InChI is InChI=1S/C5H10O2.C4H2Cl2N2/c1-5(2,3)7-4-6;5-3-4(6)8-2-1-7-3/h4H,1-3H3;1-2H. The van der Waals surface area contributed by atoms with Crippen LogP contribution in [-0.2, 0) is 9.53 Å². The van der Waals surface area contributed by atoms with E-state index >= 15 is 0 Å². The fourth-order valence-corrected chi connectivity index (χ4v) is 0.659. The van der Waals surface area contributed by atoms with Crippen LogP contribution >= 0.6 is 23.2 Å². The number of hydrogen-bond donors (Lipinski definition) is 0. The van der Waals surface area contributed by atoms with Crippen LogP contribution in [0.3, 0.4) is 0 Å². The van der Waals surface area contributed by atoms with Crippen molar-refractivity contribution >= 4 is 29.7 Å². The van der Waals surface area contributed by atoms with E-state index in [1.165, 1.54) is 12.4 Å². The lowest BCUT2D eigenvalue weighted by atomic mass is 10.2. The van der Waals surface area contributed by atoms with E-state index in [1.54, 1.807) is 0 Å². The van der Waals surface area contributed by atoms with Gasteiger partial charge in [-0.15, -0.1) is 0 Å². The normalized spacial score (nSPS) is 9.93. The van der Waals surface area contributed by atoms with Crippen LogP contribution in [0.5, 0.6) is 0 Å². The van der Waals surface area contributed by atoms with Crippen LogP contribution in [-0.4, -0.2) is 22.0 Å². The van der Waals surface area contributed by atoms with Gasteiger partial charge >= 0.3 is 0 Å². The molecule has 0 aliphatic heterocycles. The number of rotatable bonds is 1. The van der Waals surface area contributed by atoms with Crippen LogP contribution in [0, 0.1) is 0 Å². The van der Waals surface area contributed by atoms with Crippen LogP contribution in [0.1, 0.15) is 20.8 Å². The molecule has 1 aromatic rings. The maximum Gasteiger partial charge on any atom is 0.293 e. The summed E-state index contributed by atoms with van der Waals surface area (Å²) in [6.07, 6.45) is 2.96. The topological polar surface area (TPSA) is 52.1 Å². The summed E-state index contributed by atoms with van der Waals surface area (Å²) in [6, 6.07) is 0. The highest BCUT2D eigenvalue weighted by Gasteiger charge is 2.07. The second-order valence-electron chi connectivity index (χ2n) is 3.46. The molecule has 15 heavy (non-hydrogen) atoms. The van der Waals surface area contributed by atoms with Gasteiger partial charge in [-0.2, -0.15) is 0 Å². The first kappa shape index (κ1) is 14.1. The monoisotopic (exact) mass is 250 g/mol. The number of carbonyl (C=O) groups excluding carboxylic acids is 1. The van der Waals surface area contributed by atoms with Gasteiger partial charge in [0.25, 0.3) is 6.47 Å². The molecule has 0 aromatic carbocycles. The molecule has 0 aliphatic rings. The Labute approximate surface area is 98.6 Å². The average Bonchev–Trinajstić information content (AvgIpc) is 2.09. The van der Waals surface area contributed by atoms with E-state index in [1.807, 2.05) is 20.8 Å². The highest BCUT2D eigenvalue weighted by Crippen LogP contribution is 2.12. The van der Waals surface area contributed by atoms with Crippen LogP contribution < -0.4 is 0 Å². The maximum atomic E-state index is 9.60. The summed E-state index contributed by atoms with van der Waals surface area (Å²) in [7, 11) is 0. The van der Waals surface area contributed by atoms with E-state index < -0.39 is 0 Å². The largest absolute Gasteiger partial charge is 0.462 e. The minimum Gasteiger partial charge on any atom is -0.462 e. The molecule has 0 amide bonds. The van der Waals surface area contributed by atoms with E-state index in [-0.39, 0.29) is 15.9 Å². The van der Waals surface area contributed by atoms with Gasteiger partial charge in [0, 0.05) is 12.4 Å². The third-order valence-electron chi connectivity index (χ3n) is 1.01. The maximum absolute atomic E-state index is 9.60. The van der Waals surface area contributed by atoms with Gasteiger partial charge in [0.1, 0.15) is 5.60 Å². The van der Waals surface area contributed by atoms with Crippen molar-refractivity contribution in [2.75, 3.05) is 0 Å². The van der Waals surface area contributed by atoms with Crippen molar-refractivity contribution in [3.05, 3.63) is 22.7 Å². The van der Waals surface area contributed by atoms with Crippen molar-refractivity contribution < 1.29 is 9.53 Å². The van der Waals surface area contributed by atoms with Gasteiger partial charge in [-0.05, 0) is 20.8 Å². The van der Waals surface area contributed by atoms with E-state index in [0.29, 0.717) is 6.47 Å². The summed E-state index contributed by atoms with van der Waals surface area (Å²) in [5.41, 5.74) is -0.318. The Morgan fingerprint density at radius 3 is 1.73 bits per heavy atom. The van der Waals surface area contributed by atoms with Crippen molar-refractivity contribution in [3.63, 3.8) is 0 Å². The Kier molecular flexibility index (Phi) is 6.20. The van der Waals surface area contributed by atoms with E-state index in [2.05, 4.69) is 14.7 Å². The SMILES string of the molecule is CC(C)(C)OC=O.Clc1nccnc1Cl. The van der Waals surface area contributed by atoms with Crippen molar-refractivity contribution in [1.29, 1.82) is 0 Å². The van der Waals surface area contributed by atoms with Gasteiger partial charge in [0.05, 0.1) is 0 Å². The molecule has 0 unspecified atom stereocenters. The first-order valence-electron chi connectivity index (χ1n) is 4.10. The molecular formula is C9H12Cl2N2O2. The van der Waals surface area contributed by atoms with Crippen LogP contribution in [0.25, 0.3) is 0 Å². The van der Waals surface area contributed by atoms with Gasteiger partial charge in [0.2, 0.25) is 0 Å². The average molecular weight is 251 g/mol. The Morgan fingerprint density at radius 2 is 1.60 bits per heavy atom. The summed E-state index contributed by atoms with van der Waals surface area (Å²) in [5.74, 6) is 0. The van der Waals surface area contributed by atoms with Crippen LogP contribution in [0.15, 0.2) is 12.4 Å². The molecule has 1 heterocycles. The van der Waals surface area contributed by atoms with Crippen LogP contribution in [0.2, 0.25) is 10.3 Å². The summed E-state index contributed by atoms with van der Waals surface area (Å²) < 4.78 is 4.55. The summed E-state index contributed by atoms with van der Waals surface area (Å²) in [5, 5.41) is 0.489. The van der Waals surface area contributed by atoms with Gasteiger partial charge in [0.15, 0.2) is 10.3 Å². The number of ether oxygens (including phenoxy) is 1. The summed E-state index contributed by atoms with van der Waals surface area (Å²) in [6.45, 7) is 5.92. The van der Waals surface area contributed by atoms with E-state index in [4.69, 9.17) is 23.2 Å². The molecule has 4 nitrogen and oxygen atoms in total. The second kappa shape index (κ2) is 6.58. The van der Waals surface area contributed by atoms with Gasteiger partial charge in [-0.25, -0.2) is 9.97 Å². The van der Waals surface area contributed by atoms with E-state index in [0.717, 1.165) is 0 Å².